The maximum atomic E-state index is 13.8. The van der Waals surface area contributed by atoms with Gasteiger partial charge in [-0.3, -0.25) is 14.4 Å². The van der Waals surface area contributed by atoms with Crippen LogP contribution >= 0.6 is 0 Å². The number of nitrogens with two attached hydrogens (primary N) is 1. The molecule has 194 valence electrons. The number of phenolic OH excluding ortho intramolecular Hbond substituents is 1. The van der Waals surface area contributed by atoms with Crippen molar-refractivity contribution >= 4 is 17.5 Å². The molecule has 0 saturated heterocycles. The molecule has 1 saturated carbocycles. The predicted molar refractivity (Wildman–Crippen MR) is 134 cm³/mol. The number of likely N-dealkylation sites (N-methyl/N-ethyl adjacent to an activating group) is 1. The zero-order valence-electron chi connectivity index (χ0n) is 20.8. The van der Waals surface area contributed by atoms with E-state index in [1.54, 1.807) is 25.1 Å². The van der Waals surface area contributed by atoms with Crippen LogP contribution in [-0.4, -0.2) is 74.6 Å². The maximum Gasteiger partial charge on any atom is 0.230 e. The SMILES string of the molecule is Cc1ccc(-c2ccc(O)c3c2C[C@H]2C[C@H]4[C@H](N(C)C)C(O)C(C(N)=O)C(=O)[C@@]4(O)C(O)=C2C3=O)cc1. The fourth-order valence-electron chi connectivity index (χ4n) is 6.61. The summed E-state index contributed by atoms with van der Waals surface area (Å²) in [6.45, 7) is 1.96. The van der Waals surface area contributed by atoms with Gasteiger partial charge in [0.1, 0.15) is 17.4 Å². The first kappa shape index (κ1) is 25.1. The summed E-state index contributed by atoms with van der Waals surface area (Å²) in [6.07, 6.45) is -1.16. The molecule has 0 aliphatic heterocycles. The van der Waals surface area contributed by atoms with Gasteiger partial charge in [0.15, 0.2) is 17.2 Å². The first-order valence-electron chi connectivity index (χ1n) is 12.2. The van der Waals surface area contributed by atoms with E-state index in [1.807, 2.05) is 31.2 Å². The molecule has 6 N–H and O–H groups in total. The standard InChI is InChI=1S/C28H30N2O7/c1-12-4-6-13(7-5-12)15-8-9-18(31)20-16(15)10-14-11-17-22(30(2)3)24(33)21(27(29)36)26(35)28(17,37)25(34)19(14)23(20)32/h4-9,14,17,21-22,24,31,33-34,37H,10-11H2,1-3H3,(H2,29,36)/t14-,17-,21?,22-,24?,28-/m0/s1. The number of amides is 1. The number of Topliss-reactive ketones (excluding diaryl/α,β-unsaturated/α-hetero) is 2. The van der Waals surface area contributed by atoms with Crippen LogP contribution in [-0.2, 0) is 16.0 Å². The molecular formula is C28H30N2O7. The number of benzene rings is 2. The molecule has 9 heteroatoms. The summed E-state index contributed by atoms with van der Waals surface area (Å²) in [6, 6.07) is 10.0. The number of aryl methyl sites for hydroxylation is 1. The van der Waals surface area contributed by atoms with Crippen molar-refractivity contribution in [2.75, 3.05) is 14.1 Å². The molecule has 2 unspecified atom stereocenters. The molecule has 0 spiro atoms. The maximum absolute atomic E-state index is 13.8. The number of aliphatic hydroxyl groups is 3. The number of primary amides is 1. The number of fused-ring (bicyclic) bond motifs is 3. The Kier molecular flexibility index (Phi) is 5.78. The fraction of sp³-hybridized carbons (Fsp3) is 0.393. The summed E-state index contributed by atoms with van der Waals surface area (Å²) in [4.78, 5) is 40.9. The number of carbonyl (C=O) groups is 3. The van der Waals surface area contributed by atoms with E-state index < -0.39 is 58.7 Å². The van der Waals surface area contributed by atoms with E-state index in [0.29, 0.717) is 5.56 Å². The Bertz CT molecular complexity index is 1360. The number of hydrogen-bond donors (Lipinski definition) is 5. The van der Waals surface area contributed by atoms with Gasteiger partial charge in [-0.05, 0) is 62.5 Å². The highest BCUT2D eigenvalue weighted by Gasteiger charge is 2.66. The van der Waals surface area contributed by atoms with E-state index in [4.69, 9.17) is 5.73 Å². The van der Waals surface area contributed by atoms with Crippen LogP contribution < -0.4 is 5.73 Å². The number of ketones is 2. The van der Waals surface area contributed by atoms with Crippen LogP contribution in [0.2, 0.25) is 0 Å². The molecule has 2 aromatic carbocycles. The number of carbonyl (C=O) groups excluding carboxylic acids is 3. The topological polar surface area (TPSA) is 161 Å². The highest BCUT2D eigenvalue weighted by atomic mass is 16.3. The Balaban J connectivity index is 1.71. The molecule has 37 heavy (non-hydrogen) atoms. The predicted octanol–water partition coefficient (Wildman–Crippen LogP) is 1.26. The highest BCUT2D eigenvalue weighted by Crippen LogP contribution is 2.53. The van der Waals surface area contributed by atoms with Gasteiger partial charge in [-0.2, -0.15) is 0 Å². The zero-order valence-corrected chi connectivity index (χ0v) is 20.8. The van der Waals surface area contributed by atoms with Crippen molar-refractivity contribution in [3.63, 3.8) is 0 Å². The third-order valence-electron chi connectivity index (χ3n) is 8.34. The minimum absolute atomic E-state index is 0.0110. The van der Waals surface area contributed by atoms with E-state index in [9.17, 15) is 34.8 Å². The fourth-order valence-corrected chi connectivity index (χ4v) is 6.61. The first-order valence-corrected chi connectivity index (χ1v) is 12.2. The Labute approximate surface area is 213 Å². The summed E-state index contributed by atoms with van der Waals surface area (Å²) in [7, 11) is 3.26. The summed E-state index contributed by atoms with van der Waals surface area (Å²) in [5, 5.41) is 44.7. The Morgan fingerprint density at radius 3 is 2.32 bits per heavy atom. The third-order valence-corrected chi connectivity index (χ3v) is 8.34. The second-order valence-electron chi connectivity index (χ2n) is 10.6. The van der Waals surface area contributed by atoms with E-state index in [2.05, 4.69) is 0 Å². The molecule has 1 amide bonds. The second kappa shape index (κ2) is 8.51. The largest absolute Gasteiger partial charge is 0.508 e. The lowest BCUT2D eigenvalue weighted by molar-refractivity contribution is -0.178. The van der Waals surface area contributed by atoms with E-state index >= 15 is 0 Å². The lowest BCUT2D eigenvalue weighted by Gasteiger charge is -2.53. The van der Waals surface area contributed by atoms with Crippen molar-refractivity contribution in [2.45, 2.75) is 37.5 Å². The van der Waals surface area contributed by atoms with Crippen molar-refractivity contribution in [3.05, 3.63) is 64.4 Å². The van der Waals surface area contributed by atoms with Crippen molar-refractivity contribution in [3.8, 4) is 16.9 Å². The van der Waals surface area contributed by atoms with Crippen molar-refractivity contribution in [2.24, 2.45) is 23.5 Å². The van der Waals surface area contributed by atoms with Gasteiger partial charge in [0.25, 0.3) is 0 Å². The van der Waals surface area contributed by atoms with Crippen molar-refractivity contribution in [1.82, 2.24) is 4.90 Å². The number of phenols is 1. The van der Waals surface area contributed by atoms with E-state index in [-0.39, 0.29) is 29.7 Å². The van der Waals surface area contributed by atoms with Crippen molar-refractivity contribution < 1.29 is 34.8 Å². The van der Waals surface area contributed by atoms with Crippen LogP contribution in [0, 0.1) is 24.7 Å². The Morgan fingerprint density at radius 1 is 1.08 bits per heavy atom. The molecule has 2 aromatic rings. The average molecular weight is 507 g/mol. The smallest absolute Gasteiger partial charge is 0.230 e. The summed E-state index contributed by atoms with van der Waals surface area (Å²) in [5.74, 6) is -7.41. The summed E-state index contributed by atoms with van der Waals surface area (Å²) < 4.78 is 0. The minimum atomic E-state index is -2.59. The molecule has 9 nitrogen and oxygen atoms in total. The van der Waals surface area contributed by atoms with Crippen LogP contribution in [0.15, 0.2) is 47.7 Å². The van der Waals surface area contributed by atoms with E-state index in [0.717, 1.165) is 16.7 Å². The lowest BCUT2D eigenvalue weighted by Crippen LogP contribution is -2.71. The van der Waals surface area contributed by atoms with Gasteiger partial charge in [-0.25, -0.2) is 0 Å². The summed E-state index contributed by atoms with van der Waals surface area (Å²) in [5.41, 5.74) is 5.98. The molecule has 3 aliphatic carbocycles. The summed E-state index contributed by atoms with van der Waals surface area (Å²) >= 11 is 0. The number of nitrogens with zero attached hydrogens (tertiary/aromatic N) is 1. The first-order chi connectivity index (χ1) is 17.4. The van der Waals surface area contributed by atoms with Crippen molar-refractivity contribution in [1.29, 1.82) is 0 Å². The third kappa shape index (κ3) is 3.45. The molecule has 0 aromatic heterocycles. The zero-order chi connectivity index (χ0) is 27.0. The molecule has 6 atom stereocenters. The molecule has 5 rings (SSSR count). The average Bonchev–Trinajstić information content (AvgIpc) is 2.82. The van der Waals surface area contributed by atoms with Gasteiger partial charge in [-0.15, -0.1) is 0 Å². The van der Waals surface area contributed by atoms with E-state index in [1.165, 1.54) is 6.07 Å². The molecular weight excluding hydrogens is 476 g/mol. The van der Waals surface area contributed by atoms with Gasteiger partial charge in [-0.1, -0.05) is 35.9 Å². The molecule has 0 radical (unpaired) electrons. The van der Waals surface area contributed by atoms with Gasteiger partial charge >= 0.3 is 0 Å². The second-order valence-corrected chi connectivity index (χ2v) is 10.6. The van der Waals surface area contributed by atoms with Crippen LogP contribution in [0.4, 0.5) is 0 Å². The van der Waals surface area contributed by atoms with Crippen LogP contribution in [0.25, 0.3) is 11.1 Å². The Hall–Kier alpha value is -3.53. The normalized spacial score (nSPS) is 31.1. The quantitative estimate of drug-likeness (QED) is 0.389. The number of allylic oxidation sites excluding steroid dienone is 1. The Morgan fingerprint density at radius 2 is 1.73 bits per heavy atom. The molecule has 3 aliphatic rings. The van der Waals surface area contributed by atoms with Crippen LogP contribution in [0.3, 0.4) is 0 Å². The minimum Gasteiger partial charge on any atom is -0.508 e. The monoisotopic (exact) mass is 506 g/mol. The number of hydrogen-bond acceptors (Lipinski definition) is 8. The van der Waals surface area contributed by atoms with Gasteiger partial charge in [0.05, 0.1) is 11.7 Å². The lowest BCUT2D eigenvalue weighted by atomic mass is 9.55. The van der Waals surface area contributed by atoms with Crippen LogP contribution in [0.1, 0.15) is 27.9 Å². The number of rotatable bonds is 3. The van der Waals surface area contributed by atoms with Gasteiger partial charge < -0.3 is 31.1 Å². The number of aliphatic hydroxyl groups excluding tert-OH is 2. The number of aromatic hydroxyl groups is 1. The molecule has 0 heterocycles. The molecule has 0 bridgehead atoms. The highest BCUT2D eigenvalue weighted by molar-refractivity contribution is 6.16. The van der Waals surface area contributed by atoms with Gasteiger partial charge in [0, 0.05) is 17.5 Å². The van der Waals surface area contributed by atoms with Gasteiger partial charge in [0.2, 0.25) is 5.91 Å². The molecule has 1 fully saturated rings. The van der Waals surface area contributed by atoms with Crippen LogP contribution in [0.5, 0.6) is 5.75 Å².